The molecule has 0 aromatic heterocycles. The fraction of sp³-hybridized carbons (Fsp3) is 1.00. The van der Waals surface area contributed by atoms with Gasteiger partial charge in [0, 0.05) is 24.7 Å². The van der Waals surface area contributed by atoms with Crippen molar-refractivity contribution in [1.29, 1.82) is 0 Å². The first-order chi connectivity index (χ1) is 5.00. The van der Waals surface area contributed by atoms with Gasteiger partial charge in [0.15, 0.2) is 0 Å². The maximum absolute atomic E-state index is 5.85. The molecule has 64 valence electrons. The molecule has 2 heteroatoms. The van der Waals surface area contributed by atoms with E-state index in [9.17, 15) is 0 Å². The average Bonchev–Trinajstić information content (AvgIpc) is 2.39. The number of rotatable bonds is 0. The molecule has 0 aromatic carbocycles. The molecule has 2 fully saturated rings. The zero-order valence-corrected chi connectivity index (χ0v) is 7.67. The van der Waals surface area contributed by atoms with Crippen molar-refractivity contribution in [1.82, 2.24) is 4.90 Å². The summed E-state index contributed by atoms with van der Waals surface area (Å²) in [4.78, 5) is 2.55. The summed E-state index contributed by atoms with van der Waals surface area (Å²) < 4.78 is 0. The van der Waals surface area contributed by atoms with Crippen molar-refractivity contribution in [2.45, 2.75) is 32.4 Å². The maximum Gasteiger partial charge on any atom is 0.0127 e. The van der Waals surface area contributed by atoms with Crippen LogP contribution in [0.2, 0.25) is 0 Å². The first kappa shape index (κ1) is 7.56. The lowest BCUT2D eigenvalue weighted by Crippen LogP contribution is -2.42. The first-order valence-corrected chi connectivity index (χ1v) is 4.51. The molecule has 1 saturated heterocycles. The van der Waals surface area contributed by atoms with E-state index in [1.54, 1.807) is 0 Å². The van der Waals surface area contributed by atoms with Crippen molar-refractivity contribution < 1.29 is 0 Å². The monoisotopic (exact) mass is 154 g/mol. The first-order valence-electron chi connectivity index (χ1n) is 4.51. The van der Waals surface area contributed by atoms with E-state index in [1.807, 2.05) is 0 Å². The van der Waals surface area contributed by atoms with Crippen LogP contribution in [0.5, 0.6) is 0 Å². The predicted octanol–water partition coefficient (Wildman–Crippen LogP) is 0.674. The summed E-state index contributed by atoms with van der Waals surface area (Å²) in [6.45, 7) is 9.31. The van der Waals surface area contributed by atoms with E-state index in [4.69, 9.17) is 5.73 Å². The molecule has 0 amide bonds. The van der Waals surface area contributed by atoms with Crippen LogP contribution in [0.15, 0.2) is 0 Å². The molecular formula is C9H18N2. The van der Waals surface area contributed by atoms with Gasteiger partial charge in [-0.3, -0.25) is 4.90 Å². The van der Waals surface area contributed by atoms with Crippen LogP contribution in [-0.4, -0.2) is 29.6 Å². The van der Waals surface area contributed by atoms with Crippen LogP contribution in [0.1, 0.15) is 20.8 Å². The summed E-state index contributed by atoms with van der Waals surface area (Å²) in [5.41, 5.74) is 6.20. The van der Waals surface area contributed by atoms with Crippen molar-refractivity contribution in [2.75, 3.05) is 13.1 Å². The molecule has 11 heavy (non-hydrogen) atoms. The molecule has 0 spiro atoms. The third-order valence-electron chi connectivity index (χ3n) is 3.21. The molecule has 1 unspecified atom stereocenters. The van der Waals surface area contributed by atoms with Gasteiger partial charge in [-0.1, -0.05) is 0 Å². The number of nitrogens with two attached hydrogens (primary N) is 1. The fourth-order valence-corrected chi connectivity index (χ4v) is 2.12. The van der Waals surface area contributed by atoms with Gasteiger partial charge in [0.25, 0.3) is 0 Å². The van der Waals surface area contributed by atoms with Gasteiger partial charge in [-0.25, -0.2) is 0 Å². The van der Waals surface area contributed by atoms with E-state index < -0.39 is 0 Å². The van der Waals surface area contributed by atoms with Crippen LogP contribution < -0.4 is 5.73 Å². The van der Waals surface area contributed by atoms with E-state index in [-0.39, 0.29) is 0 Å². The number of fused-ring (bicyclic) bond motifs is 1. The largest absolute Gasteiger partial charge is 0.327 e. The van der Waals surface area contributed by atoms with Crippen LogP contribution in [0.4, 0.5) is 0 Å². The molecule has 1 saturated carbocycles. The van der Waals surface area contributed by atoms with Crippen molar-refractivity contribution in [3.63, 3.8) is 0 Å². The van der Waals surface area contributed by atoms with Crippen molar-refractivity contribution >= 4 is 0 Å². The normalized spacial score (nSPS) is 44.2. The zero-order valence-electron chi connectivity index (χ0n) is 7.67. The molecule has 3 atom stereocenters. The smallest absolute Gasteiger partial charge is 0.0127 e. The van der Waals surface area contributed by atoms with Crippen molar-refractivity contribution in [3.05, 3.63) is 0 Å². The number of likely N-dealkylation sites (tertiary alicyclic amines) is 1. The van der Waals surface area contributed by atoms with Gasteiger partial charge < -0.3 is 5.73 Å². The van der Waals surface area contributed by atoms with Crippen LogP contribution in [-0.2, 0) is 0 Å². The van der Waals surface area contributed by atoms with E-state index in [2.05, 4.69) is 25.7 Å². The summed E-state index contributed by atoms with van der Waals surface area (Å²) in [7, 11) is 0. The van der Waals surface area contributed by atoms with Crippen LogP contribution >= 0.6 is 0 Å². The van der Waals surface area contributed by atoms with Crippen molar-refractivity contribution in [3.8, 4) is 0 Å². The highest BCUT2D eigenvalue weighted by molar-refractivity contribution is 5.10. The predicted molar refractivity (Wildman–Crippen MR) is 46.3 cm³/mol. The van der Waals surface area contributed by atoms with Crippen molar-refractivity contribution in [2.24, 2.45) is 17.6 Å². The highest BCUT2D eigenvalue weighted by Gasteiger charge is 2.55. The van der Waals surface area contributed by atoms with Crippen LogP contribution in [0.25, 0.3) is 0 Å². The second-order valence-electron chi connectivity index (χ2n) is 4.98. The maximum atomic E-state index is 5.85. The molecule has 1 aliphatic carbocycles. The van der Waals surface area contributed by atoms with Gasteiger partial charge in [0.05, 0.1) is 0 Å². The fourth-order valence-electron chi connectivity index (χ4n) is 2.12. The topological polar surface area (TPSA) is 29.3 Å². The van der Waals surface area contributed by atoms with Gasteiger partial charge in [0.2, 0.25) is 0 Å². The van der Waals surface area contributed by atoms with Gasteiger partial charge in [-0.05, 0) is 32.6 Å². The molecule has 0 bridgehead atoms. The van der Waals surface area contributed by atoms with Gasteiger partial charge in [-0.2, -0.15) is 0 Å². The quantitative estimate of drug-likeness (QED) is 0.556. The summed E-state index contributed by atoms with van der Waals surface area (Å²) in [6.07, 6.45) is 0. The molecule has 1 heterocycles. The lowest BCUT2D eigenvalue weighted by molar-refractivity contribution is 0.153. The summed E-state index contributed by atoms with van der Waals surface area (Å²) >= 11 is 0. The third kappa shape index (κ3) is 1.09. The van der Waals surface area contributed by atoms with E-state index >= 15 is 0 Å². The van der Waals surface area contributed by atoms with Gasteiger partial charge in [0.1, 0.15) is 0 Å². The number of hydrogen-bond donors (Lipinski definition) is 1. The van der Waals surface area contributed by atoms with E-state index in [0.29, 0.717) is 11.6 Å². The lowest BCUT2D eigenvalue weighted by Gasteiger charge is -2.33. The molecule has 0 aromatic rings. The van der Waals surface area contributed by atoms with Crippen LogP contribution in [0, 0.1) is 11.8 Å². The average molecular weight is 154 g/mol. The Labute approximate surface area is 68.7 Å². The molecule has 1 aliphatic heterocycles. The Kier molecular flexibility index (Phi) is 1.37. The van der Waals surface area contributed by atoms with Gasteiger partial charge in [-0.15, -0.1) is 0 Å². The minimum absolute atomic E-state index is 0.354. The molecule has 2 aliphatic rings. The van der Waals surface area contributed by atoms with Crippen LogP contribution in [0.3, 0.4) is 0 Å². The Morgan fingerprint density at radius 3 is 2.00 bits per heavy atom. The molecule has 2 N–H and O–H groups in total. The Balaban J connectivity index is 1.95. The Morgan fingerprint density at radius 2 is 1.64 bits per heavy atom. The highest BCUT2D eigenvalue weighted by Crippen LogP contribution is 2.45. The molecule has 2 rings (SSSR count). The third-order valence-corrected chi connectivity index (χ3v) is 3.21. The Hall–Kier alpha value is -0.0800. The summed E-state index contributed by atoms with van der Waals surface area (Å²) in [5, 5.41) is 0. The summed E-state index contributed by atoms with van der Waals surface area (Å²) in [5.74, 6) is 1.66. The minimum Gasteiger partial charge on any atom is -0.327 e. The van der Waals surface area contributed by atoms with Gasteiger partial charge >= 0.3 is 0 Å². The summed E-state index contributed by atoms with van der Waals surface area (Å²) in [6, 6.07) is 0.536. The Morgan fingerprint density at radius 1 is 1.18 bits per heavy atom. The second kappa shape index (κ2) is 1.99. The number of hydrogen-bond acceptors (Lipinski definition) is 2. The lowest BCUT2D eigenvalue weighted by atomic mass is 10.1. The molecule has 0 radical (unpaired) electrons. The van der Waals surface area contributed by atoms with E-state index in [1.165, 1.54) is 13.1 Å². The molecule has 2 nitrogen and oxygen atoms in total. The number of piperidine rings is 1. The molecular weight excluding hydrogens is 136 g/mol. The Bertz CT molecular complexity index is 159. The SMILES string of the molecule is CC(C)(C)N1C[C@@H]2C(N)[C@@H]2C1. The number of nitrogens with zero attached hydrogens (tertiary/aromatic N) is 1. The minimum atomic E-state index is 0.354. The second-order valence-corrected chi connectivity index (χ2v) is 4.98. The zero-order chi connectivity index (χ0) is 8.22. The standard InChI is InChI=1S/C9H18N2/c1-9(2,3)11-4-6-7(5-11)8(6)10/h6-8H,4-5,10H2,1-3H3/t6-,7+,8?. The highest BCUT2D eigenvalue weighted by atomic mass is 15.2. The van der Waals surface area contributed by atoms with E-state index in [0.717, 1.165) is 11.8 Å².